The Bertz CT molecular complexity index is 621. The summed E-state index contributed by atoms with van der Waals surface area (Å²) in [6.07, 6.45) is 1.48. The van der Waals surface area contributed by atoms with E-state index in [0.717, 1.165) is 23.3 Å². The fourth-order valence-electron chi connectivity index (χ4n) is 2.93. The van der Waals surface area contributed by atoms with Crippen molar-refractivity contribution in [1.82, 2.24) is 0 Å². The molecule has 0 saturated carbocycles. The normalized spacial score (nSPS) is 24.4. The van der Waals surface area contributed by atoms with Gasteiger partial charge in [0.1, 0.15) is 11.5 Å². The number of benzene rings is 1. The lowest BCUT2D eigenvalue weighted by Gasteiger charge is -2.32. The van der Waals surface area contributed by atoms with Crippen LogP contribution in [0, 0.1) is 0 Å². The smallest absolute Gasteiger partial charge is 0.497 e. The van der Waals surface area contributed by atoms with Crippen LogP contribution in [0.2, 0.25) is 0 Å². The molecular formula is C17H22BFO3. The molecule has 1 fully saturated rings. The Morgan fingerprint density at radius 3 is 2.36 bits per heavy atom. The second-order valence-electron chi connectivity index (χ2n) is 6.94. The molecule has 1 aliphatic carbocycles. The summed E-state index contributed by atoms with van der Waals surface area (Å²) >= 11 is 0. The number of allylic oxidation sites excluding steroid dienone is 1. The Morgan fingerprint density at radius 2 is 1.77 bits per heavy atom. The zero-order valence-corrected chi connectivity index (χ0v) is 13.8. The summed E-state index contributed by atoms with van der Waals surface area (Å²) in [5.41, 5.74) is 1.38. The molecule has 0 N–H and O–H groups in total. The Balaban J connectivity index is 1.94. The Hall–Kier alpha value is -1.33. The van der Waals surface area contributed by atoms with Gasteiger partial charge in [0.25, 0.3) is 0 Å². The average Bonchev–Trinajstić information content (AvgIpc) is 2.96. The quantitative estimate of drug-likeness (QED) is 0.774. The fraction of sp³-hybridized carbons (Fsp3) is 0.529. The summed E-state index contributed by atoms with van der Waals surface area (Å²) < 4.78 is 31.8. The van der Waals surface area contributed by atoms with Gasteiger partial charge in [-0.25, -0.2) is 4.39 Å². The number of hydrogen-bond donors (Lipinski definition) is 0. The fourth-order valence-corrected chi connectivity index (χ4v) is 2.93. The van der Waals surface area contributed by atoms with Gasteiger partial charge in [0, 0.05) is 0 Å². The maximum atomic E-state index is 15.0. The molecule has 1 saturated heterocycles. The van der Waals surface area contributed by atoms with E-state index < -0.39 is 18.3 Å². The van der Waals surface area contributed by atoms with Crippen molar-refractivity contribution in [1.29, 1.82) is 0 Å². The molecule has 0 aromatic heterocycles. The van der Waals surface area contributed by atoms with Crippen molar-refractivity contribution in [2.24, 2.45) is 0 Å². The molecule has 0 radical (unpaired) electrons. The molecule has 1 aliphatic heterocycles. The second kappa shape index (κ2) is 5.10. The van der Waals surface area contributed by atoms with E-state index >= 15 is 0 Å². The summed E-state index contributed by atoms with van der Waals surface area (Å²) in [4.78, 5) is 0. The van der Waals surface area contributed by atoms with Crippen LogP contribution in [0.4, 0.5) is 4.39 Å². The summed E-state index contributed by atoms with van der Waals surface area (Å²) in [5.74, 6) is 0.802. The molecule has 1 heterocycles. The van der Waals surface area contributed by atoms with Crippen LogP contribution in [0.5, 0.6) is 5.75 Å². The van der Waals surface area contributed by atoms with Crippen molar-refractivity contribution >= 4 is 12.7 Å². The summed E-state index contributed by atoms with van der Waals surface area (Å²) in [6.45, 7) is 7.72. The Kier molecular flexibility index (Phi) is 3.61. The van der Waals surface area contributed by atoms with Crippen molar-refractivity contribution in [3.63, 3.8) is 0 Å². The van der Waals surface area contributed by atoms with Crippen LogP contribution in [0.25, 0.3) is 5.57 Å². The third-order valence-corrected chi connectivity index (χ3v) is 5.03. The van der Waals surface area contributed by atoms with Crippen molar-refractivity contribution in [3.8, 4) is 5.75 Å². The monoisotopic (exact) mass is 304 g/mol. The highest BCUT2D eigenvalue weighted by atomic mass is 19.1. The molecule has 3 rings (SSSR count). The number of rotatable bonds is 2. The van der Waals surface area contributed by atoms with Gasteiger partial charge in [-0.05, 0) is 69.4 Å². The first-order chi connectivity index (χ1) is 10.2. The van der Waals surface area contributed by atoms with Crippen molar-refractivity contribution in [2.45, 2.75) is 51.7 Å². The minimum Gasteiger partial charge on any atom is -0.497 e. The van der Waals surface area contributed by atoms with Crippen molar-refractivity contribution in [3.05, 3.63) is 35.1 Å². The minimum absolute atomic E-state index is 0.303. The van der Waals surface area contributed by atoms with E-state index in [4.69, 9.17) is 14.0 Å². The van der Waals surface area contributed by atoms with Crippen LogP contribution in [-0.4, -0.2) is 25.4 Å². The number of halogens is 1. The van der Waals surface area contributed by atoms with Crippen molar-refractivity contribution in [2.75, 3.05) is 7.11 Å². The lowest BCUT2D eigenvalue weighted by molar-refractivity contribution is 0.00578. The number of fused-ring (bicyclic) bond motifs is 1. The molecule has 0 spiro atoms. The van der Waals surface area contributed by atoms with Gasteiger partial charge in [0.05, 0.1) is 18.3 Å². The Morgan fingerprint density at radius 1 is 1.14 bits per heavy atom. The third-order valence-electron chi connectivity index (χ3n) is 5.03. The highest BCUT2D eigenvalue weighted by molar-refractivity contribution is 6.55. The molecule has 0 unspecified atom stereocenters. The maximum Gasteiger partial charge on any atom is 0.525 e. The van der Waals surface area contributed by atoms with Gasteiger partial charge in [-0.3, -0.25) is 0 Å². The van der Waals surface area contributed by atoms with Crippen LogP contribution in [0.15, 0.2) is 23.9 Å². The summed E-state index contributed by atoms with van der Waals surface area (Å²) in [6, 6.07) is 5.75. The number of ether oxygens (including phenoxy) is 1. The van der Waals surface area contributed by atoms with Crippen molar-refractivity contribution < 1.29 is 18.4 Å². The van der Waals surface area contributed by atoms with E-state index in [-0.39, 0.29) is 5.73 Å². The molecule has 3 nitrogen and oxygen atoms in total. The first-order valence-corrected chi connectivity index (χ1v) is 7.66. The zero-order valence-electron chi connectivity index (χ0n) is 13.8. The molecule has 2 aliphatic rings. The van der Waals surface area contributed by atoms with E-state index in [1.807, 2.05) is 45.9 Å². The van der Waals surface area contributed by atoms with Crippen LogP contribution in [0.1, 0.15) is 45.2 Å². The van der Waals surface area contributed by atoms with Gasteiger partial charge in [0.15, 0.2) is 0 Å². The second-order valence-corrected chi connectivity index (χ2v) is 6.94. The number of methoxy groups -OCH3 is 1. The van der Waals surface area contributed by atoms with E-state index in [1.54, 1.807) is 7.11 Å². The Labute approximate surface area is 131 Å². The largest absolute Gasteiger partial charge is 0.525 e. The highest BCUT2D eigenvalue weighted by Crippen LogP contribution is 2.43. The zero-order chi connectivity index (χ0) is 16.1. The van der Waals surface area contributed by atoms with Crippen LogP contribution < -0.4 is 4.74 Å². The first-order valence-electron chi connectivity index (χ1n) is 7.66. The number of aryl methyl sites for hydroxylation is 1. The molecule has 1 aromatic rings. The van der Waals surface area contributed by atoms with Gasteiger partial charge in [-0.1, -0.05) is 6.07 Å². The summed E-state index contributed by atoms with van der Waals surface area (Å²) in [5, 5.41) is 0. The predicted octanol–water partition coefficient (Wildman–Crippen LogP) is 3.95. The van der Waals surface area contributed by atoms with Gasteiger partial charge >= 0.3 is 7.12 Å². The molecule has 118 valence electrons. The predicted molar refractivity (Wildman–Crippen MR) is 85.4 cm³/mol. The van der Waals surface area contributed by atoms with Gasteiger partial charge in [0.2, 0.25) is 0 Å². The van der Waals surface area contributed by atoms with E-state index in [0.29, 0.717) is 12.0 Å². The topological polar surface area (TPSA) is 27.7 Å². The molecular weight excluding hydrogens is 282 g/mol. The molecule has 5 heteroatoms. The molecule has 0 amide bonds. The molecule has 1 aromatic carbocycles. The highest BCUT2D eigenvalue weighted by Gasteiger charge is 2.53. The van der Waals surface area contributed by atoms with Crippen LogP contribution in [0.3, 0.4) is 0 Å². The third kappa shape index (κ3) is 2.36. The van der Waals surface area contributed by atoms with E-state index in [9.17, 15) is 4.39 Å². The van der Waals surface area contributed by atoms with Gasteiger partial charge < -0.3 is 14.0 Å². The lowest BCUT2D eigenvalue weighted by atomic mass is 9.83. The van der Waals surface area contributed by atoms with E-state index in [2.05, 4.69) is 0 Å². The average molecular weight is 304 g/mol. The maximum absolute atomic E-state index is 15.0. The SMILES string of the molecule is COc1ccc2c(c1)CCC2=C(F)B1OC(C)(C)C(C)(C)O1. The van der Waals surface area contributed by atoms with Crippen LogP contribution >= 0.6 is 0 Å². The van der Waals surface area contributed by atoms with Gasteiger partial charge in [-0.2, -0.15) is 0 Å². The standard InChI is InChI=1S/C17H22BFO3/c1-16(2)17(3,4)22-18(21-16)15(19)14-8-6-11-10-12(20-5)7-9-13(11)14/h7,9-10H,6,8H2,1-5H3. The molecule has 22 heavy (non-hydrogen) atoms. The summed E-state index contributed by atoms with van der Waals surface area (Å²) in [7, 11) is 0.714. The minimum atomic E-state index is -0.923. The molecule has 0 bridgehead atoms. The van der Waals surface area contributed by atoms with Crippen LogP contribution in [-0.2, 0) is 15.7 Å². The molecule has 0 atom stereocenters. The number of hydrogen-bond acceptors (Lipinski definition) is 3. The van der Waals surface area contributed by atoms with Gasteiger partial charge in [-0.15, -0.1) is 0 Å². The van der Waals surface area contributed by atoms with E-state index in [1.165, 1.54) is 0 Å². The first kappa shape index (κ1) is 15.6. The lowest BCUT2D eigenvalue weighted by Crippen LogP contribution is -2.41.